The van der Waals surface area contributed by atoms with Crippen LogP contribution >= 0.6 is 0 Å². The number of fused-ring (bicyclic) bond motifs is 1. The highest BCUT2D eigenvalue weighted by Crippen LogP contribution is 2.26. The van der Waals surface area contributed by atoms with Gasteiger partial charge in [-0.25, -0.2) is 0 Å². The van der Waals surface area contributed by atoms with Crippen LogP contribution < -0.4 is 0 Å². The van der Waals surface area contributed by atoms with Gasteiger partial charge in [0.15, 0.2) is 0 Å². The van der Waals surface area contributed by atoms with Crippen molar-refractivity contribution < 1.29 is 0 Å². The van der Waals surface area contributed by atoms with Crippen LogP contribution in [0.5, 0.6) is 0 Å². The van der Waals surface area contributed by atoms with Crippen molar-refractivity contribution in [1.29, 1.82) is 5.26 Å². The van der Waals surface area contributed by atoms with Crippen molar-refractivity contribution in [1.82, 2.24) is 0 Å². The van der Waals surface area contributed by atoms with E-state index in [1.165, 1.54) is 16.3 Å². The number of nitrogens with zero attached hydrogens (tertiary/aromatic N) is 1. The number of rotatable bonds is 1. The Kier molecular flexibility index (Phi) is 2.44. The maximum Gasteiger partial charge on any atom is 0.0766 e. The predicted octanol–water partition coefficient (Wildman–Crippen LogP) is 3.95. The maximum absolute atomic E-state index is 9.11. The molecule has 0 bridgehead atoms. The van der Waals surface area contributed by atoms with Crippen molar-refractivity contribution in [2.75, 3.05) is 0 Å². The quantitative estimate of drug-likeness (QED) is 0.697. The predicted molar refractivity (Wildman–Crippen MR) is 67.3 cm³/mol. The van der Waals surface area contributed by atoms with Crippen LogP contribution in [0.3, 0.4) is 0 Å². The fraction of sp³-hybridized carbons (Fsp3) is 0.267. The van der Waals surface area contributed by atoms with E-state index >= 15 is 0 Å². The molecule has 0 amide bonds. The third-order valence-corrected chi connectivity index (χ3v) is 3.00. The molecule has 80 valence electrons. The third kappa shape index (κ3) is 1.79. The van der Waals surface area contributed by atoms with Crippen molar-refractivity contribution in [2.24, 2.45) is 0 Å². The summed E-state index contributed by atoms with van der Waals surface area (Å²) >= 11 is 0. The Morgan fingerprint density at radius 2 is 1.62 bits per heavy atom. The number of nitriles is 1. The lowest BCUT2D eigenvalue weighted by Gasteiger charge is -2.16. The van der Waals surface area contributed by atoms with E-state index in [1.807, 2.05) is 19.9 Å². The molecule has 0 aliphatic heterocycles. The van der Waals surface area contributed by atoms with Crippen LogP contribution in [0.25, 0.3) is 10.8 Å². The molecule has 0 aliphatic carbocycles. The van der Waals surface area contributed by atoms with Gasteiger partial charge in [-0.15, -0.1) is 0 Å². The van der Waals surface area contributed by atoms with Gasteiger partial charge in [-0.2, -0.15) is 5.26 Å². The standard InChI is InChI=1S/C15H15N/c1-11-4-5-13-9-14(15(2,3)10-16)7-6-12(13)8-11/h4-9H,1-3H3. The largest absolute Gasteiger partial charge is 0.197 e. The Balaban J connectivity index is 2.62. The molecule has 0 unspecified atom stereocenters. The molecule has 0 aromatic heterocycles. The zero-order chi connectivity index (χ0) is 11.8. The Hall–Kier alpha value is -1.81. The fourth-order valence-corrected chi connectivity index (χ4v) is 1.82. The van der Waals surface area contributed by atoms with Crippen LogP contribution in [-0.2, 0) is 5.41 Å². The van der Waals surface area contributed by atoms with Gasteiger partial charge in [0.1, 0.15) is 0 Å². The van der Waals surface area contributed by atoms with Crippen LogP contribution in [0, 0.1) is 18.3 Å². The summed E-state index contributed by atoms with van der Waals surface area (Å²) in [5.74, 6) is 0. The van der Waals surface area contributed by atoms with Crippen LogP contribution in [0.1, 0.15) is 25.0 Å². The SMILES string of the molecule is Cc1ccc2cc(C(C)(C)C#N)ccc2c1. The number of hydrogen-bond donors (Lipinski definition) is 0. The topological polar surface area (TPSA) is 23.8 Å². The Morgan fingerprint density at radius 1 is 1.00 bits per heavy atom. The van der Waals surface area contributed by atoms with Crippen LogP contribution in [0.2, 0.25) is 0 Å². The second-order valence-electron chi connectivity index (χ2n) is 4.80. The molecular weight excluding hydrogens is 194 g/mol. The summed E-state index contributed by atoms with van der Waals surface area (Å²) in [6.45, 7) is 5.98. The van der Waals surface area contributed by atoms with Crippen molar-refractivity contribution in [3.05, 3.63) is 47.5 Å². The minimum Gasteiger partial charge on any atom is -0.197 e. The third-order valence-electron chi connectivity index (χ3n) is 3.00. The van der Waals surface area contributed by atoms with E-state index in [1.54, 1.807) is 0 Å². The molecule has 0 saturated carbocycles. The molecule has 16 heavy (non-hydrogen) atoms. The monoisotopic (exact) mass is 209 g/mol. The van der Waals surface area contributed by atoms with Crippen molar-refractivity contribution in [3.63, 3.8) is 0 Å². The van der Waals surface area contributed by atoms with Crippen molar-refractivity contribution in [2.45, 2.75) is 26.2 Å². The summed E-state index contributed by atoms with van der Waals surface area (Å²) in [6.07, 6.45) is 0. The van der Waals surface area contributed by atoms with E-state index in [4.69, 9.17) is 5.26 Å². The van der Waals surface area contributed by atoms with Crippen LogP contribution in [0.4, 0.5) is 0 Å². The van der Waals surface area contributed by atoms with E-state index in [2.05, 4.69) is 43.3 Å². The summed E-state index contributed by atoms with van der Waals surface area (Å²) in [5.41, 5.74) is 1.92. The smallest absolute Gasteiger partial charge is 0.0766 e. The molecule has 0 aliphatic rings. The van der Waals surface area contributed by atoms with Crippen molar-refractivity contribution >= 4 is 10.8 Å². The summed E-state index contributed by atoms with van der Waals surface area (Å²) in [5, 5.41) is 11.5. The van der Waals surface area contributed by atoms with Crippen molar-refractivity contribution in [3.8, 4) is 6.07 Å². The molecule has 2 rings (SSSR count). The maximum atomic E-state index is 9.11. The number of hydrogen-bond acceptors (Lipinski definition) is 1. The minimum absolute atomic E-state index is 0.418. The second kappa shape index (κ2) is 3.64. The summed E-state index contributed by atoms with van der Waals surface area (Å²) in [4.78, 5) is 0. The van der Waals surface area contributed by atoms with E-state index in [0.29, 0.717) is 0 Å². The van der Waals surface area contributed by atoms with E-state index in [9.17, 15) is 0 Å². The first kappa shape index (κ1) is 10.7. The van der Waals surface area contributed by atoms with Gasteiger partial charge in [0.25, 0.3) is 0 Å². The average Bonchev–Trinajstić information content (AvgIpc) is 2.28. The minimum atomic E-state index is -0.418. The van der Waals surface area contributed by atoms with Gasteiger partial charge in [0, 0.05) is 0 Å². The van der Waals surface area contributed by atoms with Crippen LogP contribution in [-0.4, -0.2) is 0 Å². The number of benzene rings is 2. The molecule has 0 fully saturated rings. The Labute approximate surface area is 96.3 Å². The highest BCUT2D eigenvalue weighted by atomic mass is 14.3. The lowest BCUT2D eigenvalue weighted by Crippen LogP contribution is -2.13. The highest BCUT2D eigenvalue weighted by Gasteiger charge is 2.19. The lowest BCUT2D eigenvalue weighted by molar-refractivity contribution is 0.688. The van der Waals surface area contributed by atoms with E-state index in [0.717, 1.165) is 5.56 Å². The first-order chi connectivity index (χ1) is 7.53. The zero-order valence-corrected chi connectivity index (χ0v) is 9.91. The van der Waals surface area contributed by atoms with Gasteiger partial charge in [-0.05, 0) is 43.2 Å². The summed E-state index contributed by atoms with van der Waals surface area (Å²) in [7, 11) is 0. The first-order valence-electron chi connectivity index (χ1n) is 5.45. The molecule has 2 aromatic rings. The van der Waals surface area contributed by atoms with E-state index < -0.39 is 5.41 Å². The van der Waals surface area contributed by atoms with Gasteiger partial charge in [-0.1, -0.05) is 35.9 Å². The Morgan fingerprint density at radius 3 is 2.31 bits per heavy atom. The molecule has 1 heteroatoms. The molecule has 0 heterocycles. The van der Waals surface area contributed by atoms with Gasteiger partial charge >= 0.3 is 0 Å². The molecule has 0 saturated heterocycles. The normalized spacial score (nSPS) is 11.4. The van der Waals surface area contributed by atoms with Gasteiger partial charge in [0.05, 0.1) is 11.5 Å². The van der Waals surface area contributed by atoms with Gasteiger partial charge < -0.3 is 0 Å². The van der Waals surface area contributed by atoms with Gasteiger partial charge in [-0.3, -0.25) is 0 Å². The second-order valence-corrected chi connectivity index (χ2v) is 4.80. The first-order valence-corrected chi connectivity index (χ1v) is 5.45. The summed E-state index contributed by atoms with van der Waals surface area (Å²) in [6, 6.07) is 15.0. The molecule has 0 atom stereocenters. The Bertz CT molecular complexity index is 573. The average molecular weight is 209 g/mol. The lowest BCUT2D eigenvalue weighted by atomic mass is 9.85. The zero-order valence-electron chi connectivity index (χ0n) is 9.91. The highest BCUT2D eigenvalue weighted by molar-refractivity contribution is 5.84. The van der Waals surface area contributed by atoms with Gasteiger partial charge in [0.2, 0.25) is 0 Å². The van der Waals surface area contributed by atoms with Crippen LogP contribution in [0.15, 0.2) is 36.4 Å². The molecule has 0 radical (unpaired) electrons. The molecule has 0 spiro atoms. The summed E-state index contributed by atoms with van der Waals surface area (Å²) < 4.78 is 0. The fourth-order valence-electron chi connectivity index (χ4n) is 1.82. The van der Waals surface area contributed by atoms with E-state index in [-0.39, 0.29) is 0 Å². The molecule has 2 aromatic carbocycles. The number of aryl methyl sites for hydroxylation is 1. The molecular formula is C15H15N. The molecule has 1 nitrogen and oxygen atoms in total. The molecule has 0 N–H and O–H groups in total.